The van der Waals surface area contributed by atoms with Gasteiger partial charge in [-0.05, 0) is 26.0 Å². The molecule has 0 unspecified atom stereocenters. The van der Waals surface area contributed by atoms with Crippen LogP contribution < -0.4 is 0 Å². The number of Topliss-reactive ketones (excluding diaryl/α,β-unsaturated/α-hetero) is 1. The van der Waals surface area contributed by atoms with E-state index in [1.807, 2.05) is 0 Å². The average Bonchev–Trinajstić information content (AvgIpc) is 1.82. The van der Waals surface area contributed by atoms with Crippen molar-refractivity contribution in [3.8, 4) is 0 Å². The smallest absolute Gasteiger partial charge is 0.290 e. The Morgan fingerprint density at radius 1 is 1.10 bits per heavy atom. The summed E-state index contributed by atoms with van der Waals surface area (Å²) in [6.07, 6.45) is 2.71. The highest BCUT2D eigenvalue weighted by molar-refractivity contribution is 6.19. The predicted molar refractivity (Wildman–Crippen MR) is 38.6 cm³/mol. The Hall–Kier alpha value is -1.18. The van der Waals surface area contributed by atoms with E-state index in [-0.39, 0.29) is 13.0 Å². The first-order valence-corrected chi connectivity index (χ1v) is 3.06. The molecule has 0 N–H and O–H groups in total. The Kier molecular flexibility index (Phi) is 1.53. The summed E-state index contributed by atoms with van der Waals surface area (Å²) < 4.78 is 0. The van der Waals surface area contributed by atoms with Crippen LogP contribution >= 0.6 is 0 Å². The maximum Gasteiger partial charge on any atom is 1.00 e. The lowest BCUT2D eigenvalue weighted by Gasteiger charge is -2.04. The second-order valence-corrected chi connectivity index (χ2v) is 2.39. The summed E-state index contributed by atoms with van der Waals surface area (Å²) in [4.78, 5) is 21.7. The lowest BCUT2D eigenvalue weighted by molar-refractivity contribution is -0.115. The van der Waals surface area contributed by atoms with Gasteiger partial charge in [0.25, 0.3) is 0 Å². The maximum absolute atomic E-state index is 11.0. The highest BCUT2D eigenvalue weighted by atomic mass is 16.1. The molecule has 0 aromatic carbocycles. The van der Waals surface area contributed by atoms with Crippen molar-refractivity contribution in [3.63, 3.8) is 0 Å². The van der Waals surface area contributed by atoms with Crippen molar-refractivity contribution in [2.45, 2.75) is 13.8 Å². The van der Waals surface area contributed by atoms with Gasteiger partial charge in [-0.1, -0.05) is 0 Å². The van der Waals surface area contributed by atoms with Crippen LogP contribution in [-0.4, -0.2) is 11.6 Å². The Labute approximate surface area is 60.7 Å². The van der Waals surface area contributed by atoms with Gasteiger partial charge in [0.15, 0.2) is 11.6 Å². The highest BCUT2D eigenvalue weighted by Gasteiger charge is 2.13. The quantitative estimate of drug-likeness (QED) is 0.469. The minimum absolute atomic E-state index is 0. The summed E-state index contributed by atoms with van der Waals surface area (Å²) in [6, 6.07) is 0. The number of hydrogen-bond acceptors (Lipinski definition) is 2. The Morgan fingerprint density at radius 2 is 1.50 bits per heavy atom. The molecular formula is C8H9O2+. The molecule has 1 rings (SSSR count). The molecule has 0 atom stereocenters. The van der Waals surface area contributed by atoms with Crippen LogP contribution in [0.3, 0.4) is 0 Å². The van der Waals surface area contributed by atoms with Crippen LogP contribution in [0.1, 0.15) is 15.3 Å². The number of hydrogen-bond donors (Lipinski definition) is 0. The fourth-order valence-electron chi connectivity index (χ4n) is 0.911. The molecule has 10 heavy (non-hydrogen) atoms. The molecule has 0 radical (unpaired) electrons. The van der Waals surface area contributed by atoms with Crippen LogP contribution in [0.2, 0.25) is 0 Å². The van der Waals surface area contributed by atoms with E-state index in [4.69, 9.17) is 0 Å². The monoisotopic (exact) mass is 137 g/mol. The molecule has 0 aromatic heterocycles. The molecular weight excluding hydrogens is 128 g/mol. The van der Waals surface area contributed by atoms with Gasteiger partial charge >= 0.3 is 1.43 Å². The Bertz CT molecular complexity index is 237. The molecule has 0 heterocycles. The molecule has 0 aliphatic heterocycles. The second kappa shape index (κ2) is 2.21. The standard InChI is InChI=1S/C8H8O2/c1-5-3-7(9)4-6(2)8(5)10/h3-4H,1-2H3/p+1. The first-order chi connectivity index (χ1) is 4.61. The molecule has 0 amide bonds. The SMILES string of the molecule is CC1=CC(=O)C=C(C)C1=O.[H+]. The lowest BCUT2D eigenvalue weighted by Crippen LogP contribution is -2.09. The minimum Gasteiger partial charge on any atom is -0.290 e. The topological polar surface area (TPSA) is 34.1 Å². The number of carbonyl (C=O) groups is 2. The molecule has 0 bridgehead atoms. The molecule has 1 aliphatic carbocycles. The maximum atomic E-state index is 11.0. The third kappa shape index (κ3) is 1.05. The van der Waals surface area contributed by atoms with Crippen LogP contribution in [0, 0.1) is 0 Å². The molecule has 0 saturated carbocycles. The summed E-state index contributed by atoms with van der Waals surface area (Å²) in [6.45, 7) is 3.30. The Balaban J connectivity index is 0.000001000. The van der Waals surface area contributed by atoms with Crippen molar-refractivity contribution in [1.29, 1.82) is 0 Å². The molecule has 2 heteroatoms. The van der Waals surface area contributed by atoms with Crippen molar-refractivity contribution >= 4 is 11.6 Å². The molecule has 0 fully saturated rings. The predicted octanol–water partition coefficient (Wildman–Crippen LogP) is 1.14. The first-order valence-electron chi connectivity index (χ1n) is 3.06. The summed E-state index contributed by atoms with van der Waals surface area (Å²) in [7, 11) is 0. The number of carbonyl (C=O) groups excluding carboxylic acids is 2. The van der Waals surface area contributed by atoms with Crippen molar-refractivity contribution in [1.82, 2.24) is 0 Å². The van der Waals surface area contributed by atoms with E-state index in [0.717, 1.165) is 0 Å². The van der Waals surface area contributed by atoms with E-state index in [1.54, 1.807) is 13.8 Å². The summed E-state index contributed by atoms with van der Waals surface area (Å²) in [5, 5.41) is 0. The van der Waals surface area contributed by atoms with E-state index in [9.17, 15) is 9.59 Å². The van der Waals surface area contributed by atoms with Gasteiger partial charge in [-0.15, -0.1) is 0 Å². The van der Waals surface area contributed by atoms with E-state index >= 15 is 0 Å². The van der Waals surface area contributed by atoms with Crippen LogP contribution in [0.4, 0.5) is 0 Å². The number of rotatable bonds is 0. The summed E-state index contributed by atoms with van der Waals surface area (Å²) in [5.74, 6) is -0.116. The van der Waals surface area contributed by atoms with E-state index in [2.05, 4.69) is 0 Å². The van der Waals surface area contributed by atoms with Crippen molar-refractivity contribution < 1.29 is 11.0 Å². The van der Waals surface area contributed by atoms with Crippen LogP contribution in [0.5, 0.6) is 0 Å². The van der Waals surface area contributed by atoms with Gasteiger partial charge in [0.1, 0.15) is 0 Å². The summed E-state index contributed by atoms with van der Waals surface area (Å²) in [5.41, 5.74) is 1.06. The third-order valence-electron chi connectivity index (χ3n) is 1.43. The second-order valence-electron chi connectivity index (χ2n) is 2.39. The van der Waals surface area contributed by atoms with Gasteiger partial charge in [0.05, 0.1) is 0 Å². The molecule has 0 spiro atoms. The van der Waals surface area contributed by atoms with Crippen LogP contribution in [0.25, 0.3) is 0 Å². The zero-order valence-electron chi connectivity index (χ0n) is 6.97. The zero-order valence-corrected chi connectivity index (χ0v) is 5.97. The van der Waals surface area contributed by atoms with Gasteiger partial charge in [0, 0.05) is 11.1 Å². The van der Waals surface area contributed by atoms with Crippen LogP contribution in [0.15, 0.2) is 23.3 Å². The molecule has 52 valence electrons. The van der Waals surface area contributed by atoms with E-state index < -0.39 is 0 Å². The zero-order chi connectivity index (χ0) is 7.72. The van der Waals surface area contributed by atoms with Gasteiger partial charge < -0.3 is 0 Å². The van der Waals surface area contributed by atoms with Crippen molar-refractivity contribution in [3.05, 3.63) is 23.3 Å². The van der Waals surface area contributed by atoms with Gasteiger partial charge in [-0.25, -0.2) is 0 Å². The number of allylic oxidation sites excluding steroid dienone is 4. The summed E-state index contributed by atoms with van der Waals surface area (Å²) >= 11 is 0. The van der Waals surface area contributed by atoms with Crippen LogP contribution in [-0.2, 0) is 9.59 Å². The van der Waals surface area contributed by atoms with Gasteiger partial charge in [-0.3, -0.25) is 9.59 Å². The first kappa shape index (κ1) is 6.93. The lowest BCUT2D eigenvalue weighted by atomic mass is 9.99. The normalized spacial score (nSPS) is 18.6. The van der Waals surface area contributed by atoms with Crippen molar-refractivity contribution in [2.24, 2.45) is 0 Å². The van der Waals surface area contributed by atoms with Gasteiger partial charge in [0.2, 0.25) is 0 Å². The van der Waals surface area contributed by atoms with Gasteiger partial charge in [-0.2, -0.15) is 0 Å². The fraction of sp³-hybridized carbons (Fsp3) is 0.250. The fourth-order valence-corrected chi connectivity index (χ4v) is 0.911. The number of ketones is 2. The third-order valence-corrected chi connectivity index (χ3v) is 1.43. The molecule has 2 nitrogen and oxygen atoms in total. The van der Waals surface area contributed by atoms with E-state index in [1.165, 1.54) is 12.2 Å². The minimum atomic E-state index is -0.0883. The van der Waals surface area contributed by atoms with E-state index in [0.29, 0.717) is 11.1 Å². The average molecular weight is 137 g/mol. The molecule has 0 saturated heterocycles. The highest BCUT2D eigenvalue weighted by Crippen LogP contribution is 2.10. The van der Waals surface area contributed by atoms with Crippen molar-refractivity contribution in [2.75, 3.05) is 0 Å². The molecule has 1 aliphatic rings. The Morgan fingerprint density at radius 3 is 1.90 bits per heavy atom. The molecule has 0 aromatic rings. The largest absolute Gasteiger partial charge is 1.00 e.